The maximum absolute atomic E-state index is 13.1. The largest absolute Gasteiger partial charge is 0.337 e. The van der Waals surface area contributed by atoms with E-state index in [0.717, 1.165) is 50.4 Å². The fraction of sp³-hybridized carbons (Fsp3) is 0.300. The summed E-state index contributed by atoms with van der Waals surface area (Å²) in [6, 6.07) is 14.2. The van der Waals surface area contributed by atoms with E-state index in [0.29, 0.717) is 5.56 Å². The maximum atomic E-state index is 13.1. The predicted molar refractivity (Wildman–Crippen MR) is 104 cm³/mol. The Balaban J connectivity index is 1.45. The second-order valence-corrected chi connectivity index (χ2v) is 7.56. The van der Waals surface area contributed by atoms with Gasteiger partial charge in [0.1, 0.15) is 0 Å². The van der Waals surface area contributed by atoms with Gasteiger partial charge in [-0.05, 0) is 17.9 Å². The van der Waals surface area contributed by atoms with Crippen LogP contribution in [0.3, 0.4) is 0 Å². The van der Waals surface area contributed by atoms with Crippen LogP contribution in [0.2, 0.25) is 0 Å². The van der Waals surface area contributed by atoms with Crippen molar-refractivity contribution in [1.29, 1.82) is 0 Å². The van der Waals surface area contributed by atoms with Crippen molar-refractivity contribution in [3.05, 3.63) is 64.5 Å². The number of carbonyl (C=O) groups is 1. The van der Waals surface area contributed by atoms with Gasteiger partial charge in [0.25, 0.3) is 5.91 Å². The zero-order valence-electron chi connectivity index (χ0n) is 14.6. The van der Waals surface area contributed by atoms with E-state index in [1.165, 1.54) is 4.88 Å². The van der Waals surface area contributed by atoms with Gasteiger partial charge in [-0.3, -0.25) is 14.8 Å². The summed E-state index contributed by atoms with van der Waals surface area (Å²) >= 11 is 1.79. The van der Waals surface area contributed by atoms with Crippen LogP contribution in [-0.2, 0) is 6.54 Å². The first-order valence-electron chi connectivity index (χ1n) is 8.94. The van der Waals surface area contributed by atoms with Gasteiger partial charge in [-0.1, -0.05) is 36.4 Å². The second-order valence-electron chi connectivity index (χ2n) is 6.53. The smallest absolute Gasteiger partial charge is 0.257 e. The number of aromatic nitrogens is 2. The standard InChI is InChI=1S/C20H22N4OS/c25-20(18-14-21-22-19(18)16-6-2-1-3-7-16)24-10-5-9-23(11-12-24)15-17-8-4-13-26-17/h1-4,6-8,13-14H,5,9-12,15H2,(H,21,22). The van der Waals surface area contributed by atoms with E-state index >= 15 is 0 Å². The van der Waals surface area contributed by atoms with E-state index in [1.807, 2.05) is 35.2 Å². The van der Waals surface area contributed by atoms with E-state index in [9.17, 15) is 4.79 Å². The molecule has 1 saturated heterocycles. The fourth-order valence-corrected chi connectivity index (χ4v) is 4.14. The lowest BCUT2D eigenvalue weighted by atomic mass is 10.1. The van der Waals surface area contributed by atoms with Crippen LogP contribution in [0, 0.1) is 0 Å². The number of benzene rings is 1. The molecule has 134 valence electrons. The van der Waals surface area contributed by atoms with E-state index in [-0.39, 0.29) is 5.91 Å². The molecule has 0 aliphatic carbocycles. The zero-order chi connectivity index (χ0) is 17.8. The Bertz CT molecular complexity index is 844. The molecule has 6 heteroatoms. The Morgan fingerprint density at radius 3 is 2.77 bits per heavy atom. The molecule has 4 rings (SSSR count). The summed E-state index contributed by atoms with van der Waals surface area (Å²) in [7, 11) is 0. The first kappa shape index (κ1) is 17.0. The van der Waals surface area contributed by atoms with Gasteiger partial charge in [0.2, 0.25) is 0 Å². The van der Waals surface area contributed by atoms with Gasteiger partial charge in [0, 0.05) is 43.2 Å². The lowest BCUT2D eigenvalue weighted by molar-refractivity contribution is 0.0762. The van der Waals surface area contributed by atoms with Gasteiger partial charge in [0.15, 0.2) is 0 Å². The van der Waals surface area contributed by atoms with Crippen LogP contribution >= 0.6 is 11.3 Å². The minimum absolute atomic E-state index is 0.0653. The molecule has 1 amide bonds. The third-order valence-electron chi connectivity index (χ3n) is 4.77. The molecular formula is C20H22N4OS. The van der Waals surface area contributed by atoms with Crippen molar-refractivity contribution in [2.24, 2.45) is 0 Å². The average Bonchev–Trinajstić information content (AvgIpc) is 3.31. The van der Waals surface area contributed by atoms with Crippen molar-refractivity contribution in [3.8, 4) is 11.3 Å². The number of rotatable bonds is 4. The van der Waals surface area contributed by atoms with Crippen LogP contribution in [0.25, 0.3) is 11.3 Å². The normalized spacial score (nSPS) is 15.8. The number of hydrogen-bond acceptors (Lipinski definition) is 4. The van der Waals surface area contributed by atoms with Crippen LogP contribution in [0.1, 0.15) is 21.7 Å². The summed E-state index contributed by atoms with van der Waals surface area (Å²) in [4.78, 5) is 18.9. The Morgan fingerprint density at radius 2 is 1.96 bits per heavy atom. The number of carbonyl (C=O) groups excluding carboxylic acids is 1. The summed E-state index contributed by atoms with van der Waals surface area (Å²) in [5.74, 6) is 0.0653. The predicted octanol–water partition coefficient (Wildman–Crippen LogP) is 3.49. The molecule has 0 unspecified atom stereocenters. The fourth-order valence-electron chi connectivity index (χ4n) is 3.40. The first-order valence-corrected chi connectivity index (χ1v) is 9.82. The topological polar surface area (TPSA) is 52.2 Å². The van der Waals surface area contributed by atoms with Crippen LogP contribution in [0.5, 0.6) is 0 Å². The van der Waals surface area contributed by atoms with Crippen molar-refractivity contribution in [3.63, 3.8) is 0 Å². The van der Waals surface area contributed by atoms with Gasteiger partial charge in [0.05, 0.1) is 17.5 Å². The van der Waals surface area contributed by atoms with Gasteiger partial charge in [-0.2, -0.15) is 5.10 Å². The third kappa shape index (κ3) is 3.71. The number of amides is 1. The van der Waals surface area contributed by atoms with Crippen molar-refractivity contribution in [2.45, 2.75) is 13.0 Å². The minimum Gasteiger partial charge on any atom is -0.337 e. The SMILES string of the molecule is O=C(c1cn[nH]c1-c1ccccc1)N1CCCN(Cc2cccs2)CC1. The lowest BCUT2D eigenvalue weighted by Crippen LogP contribution is -2.35. The number of hydrogen-bond donors (Lipinski definition) is 1. The number of aromatic amines is 1. The van der Waals surface area contributed by atoms with Gasteiger partial charge in [-0.15, -0.1) is 11.3 Å². The number of thiophene rings is 1. The van der Waals surface area contributed by atoms with Gasteiger partial charge in [-0.25, -0.2) is 0 Å². The highest BCUT2D eigenvalue weighted by molar-refractivity contribution is 7.09. The van der Waals surface area contributed by atoms with E-state index in [1.54, 1.807) is 17.5 Å². The van der Waals surface area contributed by atoms with E-state index < -0.39 is 0 Å². The summed E-state index contributed by atoms with van der Waals surface area (Å²) < 4.78 is 0. The molecule has 26 heavy (non-hydrogen) atoms. The van der Waals surface area contributed by atoms with Gasteiger partial charge < -0.3 is 4.90 Å². The molecule has 5 nitrogen and oxygen atoms in total. The number of H-pyrrole nitrogens is 1. The van der Waals surface area contributed by atoms with Crippen molar-refractivity contribution >= 4 is 17.2 Å². The summed E-state index contributed by atoms with van der Waals surface area (Å²) in [5.41, 5.74) is 2.45. The number of nitrogens with zero attached hydrogens (tertiary/aromatic N) is 3. The highest BCUT2D eigenvalue weighted by Crippen LogP contribution is 2.22. The molecule has 1 N–H and O–H groups in total. The third-order valence-corrected chi connectivity index (χ3v) is 5.63. The summed E-state index contributed by atoms with van der Waals surface area (Å²) in [6.07, 6.45) is 2.65. The molecule has 3 aromatic rings. The Kier molecular flexibility index (Phi) is 5.13. The number of nitrogens with one attached hydrogen (secondary N) is 1. The first-order chi connectivity index (χ1) is 12.8. The molecule has 1 fully saturated rings. The van der Waals surface area contributed by atoms with Crippen molar-refractivity contribution in [1.82, 2.24) is 20.0 Å². The van der Waals surface area contributed by atoms with Crippen LogP contribution in [0.15, 0.2) is 54.0 Å². The molecular weight excluding hydrogens is 344 g/mol. The minimum atomic E-state index is 0.0653. The van der Waals surface area contributed by atoms with Crippen molar-refractivity contribution < 1.29 is 4.79 Å². The van der Waals surface area contributed by atoms with Crippen LogP contribution in [0.4, 0.5) is 0 Å². The molecule has 0 saturated carbocycles. The Hall–Kier alpha value is -2.44. The molecule has 0 atom stereocenters. The molecule has 0 spiro atoms. The average molecular weight is 366 g/mol. The zero-order valence-corrected chi connectivity index (χ0v) is 15.4. The van der Waals surface area contributed by atoms with E-state index in [4.69, 9.17) is 0 Å². The molecule has 1 aliphatic rings. The van der Waals surface area contributed by atoms with Crippen LogP contribution < -0.4 is 0 Å². The monoisotopic (exact) mass is 366 g/mol. The van der Waals surface area contributed by atoms with E-state index in [2.05, 4.69) is 32.6 Å². The summed E-state index contributed by atoms with van der Waals surface area (Å²) in [6.45, 7) is 4.45. The molecule has 2 aromatic heterocycles. The Labute approximate surface area is 157 Å². The highest BCUT2D eigenvalue weighted by atomic mass is 32.1. The molecule has 1 aromatic carbocycles. The summed E-state index contributed by atoms with van der Waals surface area (Å²) in [5, 5.41) is 9.23. The molecule has 0 radical (unpaired) electrons. The Morgan fingerprint density at radius 1 is 1.08 bits per heavy atom. The van der Waals surface area contributed by atoms with Crippen LogP contribution in [-0.4, -0.2) is 52.1 Å². The highest BCUT2D eigenvalue weighted by Gasteiger charge is 2.24. The second kappa shape index (κ2) is 7.85. The molecule has 0 bridgehead atoms. The quantitative estimate of drug-likeness (QED) is 0.769. The maximum Gasteiger partial charge on any atom is 0.257 e. The molecule has 1 aliphatic heterocycles. The van der Waals surface area contributed by atoms with Crippen molar-refractivity contribution in [2.75, 3.05) is 26.2 Å². The molecule has 3 heterocycles. The lowest BCUT2D eigenvalue weighted by Gasteiger charge is -2.21. The van der Waals surface area contributed by atoms with Gasteiger partial charge >= 0.3 is 0 Å².